The Labute approximate surface area is 80.7 Å². The number of rotatable bonds is 2. The van der Waals surface area contributed by atoms with E-state index in [1.165, 1.54) is 21.0 Å². The minimum Gasteiger partial charge on any atom is -0.466 e. The maximum absolute atomic E-state index is 11.2. The van der Waals surface area contributed by atoms with E-state index in [0.29, 0.717) is 0 Å². The largest absolute Gasteiger partial charge is 0.466 e. The minimum atomic E-state index is -1.12. The maximum atomic E-state index is 11.2. The summed E-state index contributed by atoms with van der Waals surface area (Å²) in [5.74, 6) is -2.82. The second kappa shape index (κ2) is 3.61. The average Bonchev–Trinajstić information content (AvgIpc) is 2.39. The van der Waals surface area contributed by atoms with Crippen LogP contribution in [0.4, 0.5) is 0 Å². The van der Waals surface area contributed by atoms with Gasteiger partial charge in [0.25, 0.3) is 0 Å². The Bertz CT molecular complexity index is 339. The van der Waals surface area contributed by atoms with E-state index in [0.717, 1.165) is 0 Å². The molecule has 0 aromatic carbocycles. The quantitative estimate of drug-likeness (QED) is 0.468. The van der Waals surface area contributed by atoms with E-state index in [-0.39, 0.29) is 11.3 Å². The monoisotopic (exact) mass is 198 g/mol. The number of carbonyl (C=O) groups excluding carboxylic acids is 3. The summed E-state index contributed by atoms with van der Waals surface area (Å²) < 4.78 is 9.14. The SMILES string of the molecule is COC(=O)C1=C(C)OC(=O)C1C(C)=O. The summed E-state index contributed by atoms with van der Waals surface area (Å²) in [5.41, 5.74) is 0.00463. The molecule has 0 aromatic rings. The van der Waals surface area contributed by atoms with Crippen LogP contribution in [0.25, 0.3) is 0 Å². The molecule has 0 aromatic heterocycles. The standard InChI is InChI=1S/C9H10O5/c1-4(10)6-7(8(11)13-3)5(2)14-9(6)12/h6H,1-3H3. The molecule has 0 N–H and O–H groups in total. The Balaban J connectivity index is 3.10. The van der Waals surface area contributed by atoms with Crippen LogP contribution in [-0.4, -0.2) is 24.8 Å². The molecule has 0 fully saturated rings. The lowest BCUT2D eigenvalue weighted by Crippen LogP contribution is -2.24. The first kappa shape index (κ1) is 10.4. The average molecular weight is 198 g/mol. The van der Waals surface area contributed by atoms with E-state index in [1.807, 2.05) is 0 Å². The number of cyclic esters (lactones) is 1. The number of allylic oxidation sites excluding steroid dienone is 1. The zero-order valence-corrected chi connectivity index (χ0v) is 8.12. The topological polar surface area (TPSA) is 69.7 Å². The number of ketones is 1. The van der Waals surface area contributed by atoms with Gasteiger partial charge in [0.05, 0.1) is 12.7 Å². The lowest BCUT2D eigenvalue weighted by molar-refractivity contribution is -0.145. The van der Waals surface area contributed by atoms with Gasteiger partial charge in [-0.25, -0.2) is 4.79 Å². The van der Waals surface area contributed by atoms with E-state index in [1.54, 1.807) is 0 Å². The van der Waals surface area contributed by atoms with Crippen molar-refractivity contribution < 1.29 is 23.9 Å². The highest BCUT2D eigenvalue weighted by Crippen LogP contribution is 2.28. The number of methoxy groups -OCH3 is 1. The molecule has 0 bridgehead atoms. The zero-order chi connectivity index (χ0) is 10.9. The second-order valence-corrected chi connectivity index (χ2v) is 2.93. The third kappa shape index (κ3) is 1.53. The molecule has 5 heteroatoms. The van der Waals surface area contributed by atoms with Gasteiger partial charge in [-0.15, -0.1) is 0 Å². The van der Waals surface area contributed by atoms with E-state index in [4.69, 9.17) is 0 Å². The molecule has 5 nitrogen and oxygen atoms in total. The lowest BCUT2D eigenvalue weighted by atomic mass is 9.96. The van der Waals surface area contributed by atoms with Crippen LogP contribution in [0.3, 0.4) is 0 Å². The maximum Gasteiger partial charge on any atom is 0.338 e. The van der Waals surface area contributed by atoms with E-state index < -0.39 is 23.6 Å². The van der Waals surface area contributed by atoms with Crippen LogP contribution in [-0.2, 0) is 23.9 Å². The molecule has 0 amide bonds. The van der Waals surface area contributed by atoms with Crippen LogP contribution in [0.1, 0.15) is 13.8 Å². The number of hydrogen-bond donors (Lipinski definition) is 0. The van der Waals surface area contributed by atoms with Crippen LogP contribution in [0.2, 0.25) is 0 Å². The second-order valence-electron chi connectivity index (χ2n) is 2.93. The van der Waals surface area contributed by atoms with Crippen LogP contribution < -0.4 is 0 Å². The van der Waals surface area contributed by atoms with Crippen LogP contribution >= 0.6 is 0 Å². The van der Waals surface area contributed by atoms with Gasteiger partial charge in [0.15, 0.2) is 5.92 Å². The summed E-state index contributed by atoms with van der Waals surface area (Å²) in [6.45, 7) is 2.68. The summed E-state index contributed by atoms with van der Waals surface area (Å²) in [4.78, 5) is 33.5. The predicted octanol–water partition coefficient (Wildman–Crippen LogP) is 0.195. The van der Waals surface area contributed by atoms with E-state index >= 15 is 0 Å². The van der Waals surface area contributed by atoms with Crippen molar-refractivity contribution in [1.29, 1.82) is 0 Å². The van der Waals surface area contributed by atoms with Crippen LogP contribution in [0.15, 0.2) is 11.3 Å². The molecule has 0 aliphatic carbocycles. The van der Waals surface area contributed by atoms with Crippen molar-refractivity contribution in [3.63, 3.8) is 0 Å². The number of ether oxygens (including phenoxy) is 2. The third-order valence-corrected chi connectivity index (χ3v) is 1.97. The van der Waals surface area contributed by atoms with Crippen molar-refractivity contribution in [2.75, 3.05) is 7.11 Å². The van der Waals surface area contributed by atoms with Gasteiger partial charge in [0.1, 0.15) is 11.5 Å². The summed E-state index contributed by atoms with van der Waals surface area (Å²) in [6, 6.07) is 0. The number of esters is 2. The number of Topliss-reactive ketones (excluding diaryl/α,β-unsaturated/α-hetero) is 1. The van der Waals surface area contributed by atoms with Gasteiger partial charge >= 0.3 is 11.9 Å². The number of hydrogen-bond acceptors (Lipinski definition) is 5. The van der Waals surface area contributed by atoms with Crippen molar-refractivity contribution in [2.45, 2.75) is 13.8 Å². The Morgan fingerprint density at radius 3 is 2.43 bits per heavy atom. The molecule has 0 spiro atoms. The smallest absolute Gasteiger partial charge is 0.338 e. The molecule has 1 aliphatic rings. The Morgan fingerprint density at radius 2 is 2.00 bits per heavy atom. The van der Waals surface area contributed by atoms with Crippen LogP contribution in [0, 0.1) is 5.92 Å². The molecule has 14 heavy (non-hydrogen) atoms. The van der Waals surface area contributed by atoms with Gasteiger partial charge in [-0.3, -0.25) is 9.59 Å². The third-order valence-electron chi connectivity index (χ3n) is 1.97. The first-order valence-electron chi connectivity index (χ1n) is 4.00. The summed E-state index contributed by atoms with van der Waals surface area (Å²) in [7, 11) is 1.18. The van der Waals surface area contributed by atoms with Crippen molar-refractivity contribution >= 4 is 17.7 Å². The molecular weight excluding hydrogens is 188 g/mol. The van der Waals surface area contributed by atoms with E-state index in [9.17, 15) is 14.4 Å². The van der Waals surface area contributed by atoms with Crippen molar-refractivity contribution in [2.24, 2.45) is 5.92 Å². The Kier molecular flexibility index (Phi) is 2.69. The molecule has 1 atom stereocenters. The summed E-state index contributed by atoms with van der Waals surface area (Å²) in [5, 5.41) is 0. The fourth-order valence-corrected chi connectivity index (χ4v) is 1.33. The summed E-state index contributed by atoms with van der Waals surface area (Å²) in [6.07, 6.45) is 0. The molecule has 76 valence electrons. The molecule has 1 aliphatic heterocycles. The van der Waals surface area contributed by atoms with Crippen molar-refractivity contribution in [3.8, 4) is 0 Å². The molecule has 0 saturated heterocycles. The molecule has 1 rings (SSSR count). The van der Waals surface area contributed by atoms with Gasteiger partial charge in [-0.2, -0.15) is 0 Å². The van der Waals surface area contributed by atoms with Gasteiger partial charge in [0, 0.05) is 0 Å². The predicted molar refractivity (Wildman–Crippen MR) is 45.0 cm³/mol. The first-order chi connectivity index (χ1) is 6.49. The Hall–Kier alpha value is -1.65. The summed E-state index contributed by atoms with van der Waals surface area (Å²) >= 11 is 0. The molecule has 1 unspecified atom stereocenters. The highest BCUT2D eigenvalue weighted by molar-refractivity contribution is 6.11. The first-order valence-corrected chi connectivity index (χ1v) is 4.00. The van der Waals surface area contributed by atoms with Gasteiger partial charge in [0.2, 0.25) is 0 Å². The minimum absolute atomic E-state index is 0.00463. The Morgan fingerprint density at radius 1 is 1.43 bits per heavy atom. The molecule has 0 radical (unpaired) electrons. The molecular formula is C9H10O5. The normalized spacial score (nSPS) is 20.8. The van der Waals surface area contributed by atoms with Crippen LogP contribution in [0.5, 0.6) is 0 Å². The number of carbonyl (C=O) groups is 3. The van der Waals surface area contributed by atoms with Gasteiger partial charge in [-0.1, -0.05) is 0 Å². The lowest BCUT2D eigenvalue weighted by Gasteiger charge is -2.04. The zero-order valence-electron chi connectivity index (χ0n) is 8.12. The van der Waals surface area contributed by atoms with Gasteiger partial charge in [-0.05, 0) is 13.8 Å². The van der Waals surface area contributed by atoms with Crippen molar-refractivity contribution in [3.05, 3.63) is 11.3 Å². The van der Waals surface area contributed by atoms with Gasteiger partial charge < -0.3 is 9.47 Å². The van der Waals surface area contributed by atoms with E-state index in [2.05, 4.69) is 9.47 Å². The fourth-order valence-electron chi connectivity index (χ4n) is 1.33. The fraction of sp³-hybridized carbons (Fsp3) is 0.444. The highest BCUT2D eigenvalue weighted by atomic mass is 16.6. The highest BCUT2D eigenvalue weighted by Gasteiger charge is 2.41. The van der Waals surface area contributed by atoms with Crippen molar-refractivity contribution in [1.82, 2.24) is 0 Å². The molecule has 0 saturated carbocycles. The molecule has 1 heterocycles.